The average molecular weight is 132 g/mol. The van der Waals surface area contributed by atoms with Crippen LogP contribution < -0.4 is 5.19 Å². The zero-order valence-corrected chi connectivity index (χ0v) is 6.22. The highest BCUT2D eigenvalue weighted by molar-refractivity contribution is 6.55. The minimum absolute atomic E-state index is 1.08. The molecule has 1 aliphatic rings. The van der Waals surface area contributed by atoms with Crippen LogP contribution in [-0.4, -0.2) is 9.52 Å². The van der Waals surface area contributed by atoms with E-state index in [9.17, 15) is 0 Å². The predicted molar refractivity (Wildman–Crippen MR) is 40.3 cm³/mol. The monoisotopic (exact) mass is 132 g/mol. The van der Waals surface area contributed by atoms with Crippen molar-refractivity contribution in [2.75, 3.05) is 0 Å². The summed E-state index contributed by atoms with van der Waals surface area (Å²) in [4.78, 5) is 0. The van der Waals surface area contributed by atoms with Crippen LogP contribution in [0.5, 0.6) is 0 Å². The van der Waals surface area contributed by atoms with Crippen molar-refractivity contribution in [3.8, 4) is 0 Å². The maximum Gasteiger partial charge on any atom is 0.0815 e. The van der Waals surface area contributed by atoms with Gasteiger partial charge in [-0.05, 0) is 12.0 Å². The summed E-state index contributed by atoms with van der Waals surface area (Å²) in [7, 11) is 1.08. The molecule has 0 unspecified atom stereocenters. The maximum absolute atomic E-state index is 2.25. The molecule has 1 aromatic carbocycles. The third-order valence-corrected chi connectivity index (χ3v) is 3.10. The largest absolute Gasteiger partial charge is 0.0815 e. The van der Waals surface area contributed by atoms with Gasteiger partial charge in [-0.3, -0.25) is 0 Å². The van der Waals surface area contributed by atoms with Gasteiger partial charge in [-0.25, -0.2) is 0 Å². The van der Waals surface area contributed by atoms with Crippen LogP contribution in [0.25, 0.3) is 0 Å². The molecule has 2 rings (SSSR count). The molecule has 9 heavy (non-hydrogen) atoms. The second-order valence-electron chi connectivity index (χ2n) is 2.33. The lowest BCUT2D eigenvalue weighted by atomic mass is 10.2. The van der Waals surface area contributed by atoms with Crippen molar-refractivity contribution < 1.29 is 0 Å². The van der Waals surface area contributed by atoms with Crippen molar-refractivity contribution in [2.45, 2.75) is 12.5 Å². The van der Waals surface area contributed by atoms with E-state index in [4.69, 9.17) is 0 Å². The second-order valence-corrected chi connectivity index (χ2v) is 3.73. The molecule has 1 heterocycles. The summed E-state index contributed by atoms with van der Waals surface area (Å²) in [5.41, 5.74) is 1.58. The number of benzene rings is 1. The minimum Gasteiger partial charge on any atom is -0.0633 e. The highest BCUT2D eigenvalue weighted by Gasteiger charge is 2.08. The van der Waals surface area contributed by atoms with E-state index in [0.717, 1.165) is 9.52 Å². The van der Waals surface area contributed by atoms with E-state index < -0.39 is 0 Å². The standard InChI is InChI=1S/C8H8Si/c1-2-4-8-7(3-1)5-6-9-8/h1-4H,5-6H2. The van der Waals surface area contributed by atoms with Gasteiger partial charge in [0.1, 0.15) is 0 Å². The third kappa shape index (κ3) is 0.814. The molecular weight excluding hydrogens is 124 g/mol. The molecule has 1 aromatic rings. The van der Waals surface area contributed by atoms with Gasteiger partial charge in [0.05, 0.1) is 9.52 Å². The first-order valence-corrected chi connectivity index (χ1v) is 4.49. The van der Waals surface area contributed by atoms with E-state index in [1.165, 1.54) is 12.5 Å². The molecule has 0 saturated heterocycles. The van der Waals surface area contributed by atoms with Crippen molar-refractivity contribution in [1.82, 2.24) is 0 Å². The van der Waals surface area contributed by atoms with E-state index in [0.29, 0.717) is 0 Å². The molecule has 0 aromatic heterocycles. The molecule has 0 spiro atoms. The summed E-state index contributed by atoms with van der Waals surface area (Å²) in [6.07, 6.45) is 1.31. The van der Waals surface area contributed by atoms with Crippen molar-refractivity contribution in [2.24, 2.45) is 0 Å². The number of rotatable bonds is 0. The molecule has 0 atom stereocenters. The number of hydrogen-bond donors (Lipinski definition) is 0. The lowest BCUT2D eigenvalue weighted by molar-refractivity contribution is 1.17. The Hall–Kier alpha value is -0.563. The number of hydrogen-bond acceptors (Lipinski definition) is 0. The first kappa shape index (κ1) is 5.24. The van der Waals surface area contributed by atoms with Crippen LogP contribution in [0, 0.1) is 0 Å². The van der Waals surface area contributed by atoms with Gasteiger partial charge in [-0.2, -0.15) is 0 Å². The first-order chi connectivity index (χ1) is 4.47. The van der Waals surface area contributed by atoms with Gasteiger partial charge in [-0.1, -0.05) is 35.5 Å². The minimum atomic E-state index is 1.08. The van der Waals surface area contributed by atoms with E-state index in [1.54, 1.807) is 10.8 Å². The van der Waals surface area contributed by atoms with Crippen molar-refractivity contribution in [3.05, 3.63) is 29.8 Å². The zero-order valence-electron chi connectivity index (χ0n) is 5.22. The van der Waals surface area contributed by atoms with Crippen molar-refractivity contribution in [1.29, 1.82) is 0 Å². The Labute approximate surface area is 57.7 Å². The number of fused-ring (bicyclic) bond motifs is 1. The normalized spacial score (nSPS) is 15.6. The van der Waals surface area contributed by atoms with Gasteiger partial charge >= 0.3 is 0 Å². The van der Waals surface area contributed by atoms with Gasteiger partial charge in [-0.15, -0.1) is 0 Å². The summed E-state index contributed by atoms with van der Waals surface area (Å²) < 4.78 is 0. The predicted octanol–water partition coefficient (Wildman–Crippen LogP) is 0.990. The molecule has 0 N–H and O–H groups in total. The lowest BCUT2D eigenvalue weighted by Crippen LogP contribution is -2.08. The van der Waals surface area contributed by atoms with E-state index in [1.807, 2.05) is 0 Å². The summed E-state index contributed by atoms with van der Waals surface area (Å²) in [5, 5.41) is 1.59. The smallest absolute Gasteiger partial charge is 0.0633 e. The van der Waals surface area contributed by atoms with Crippen LogP contribution in [0.2, 0.25) is 6.04 Å². The van der Waals surface area contributed by atoms with Crippen LogP contribution in [-0.2, 0) is 6.42 Å². The SMILES string of the molecule is c1ccc2c(c1)CC[Si]2. The summed E-state index contributed by atoms with van der Waals surface area (Å²) in [5.74, 6) is 0. The molecule has 0 amide bonds. The molecule has 2 radical (unpaired) electrons. The van der Waals surface area contributed by atoms with Crippen LogP contribution >= 0.6 is 0 Å². The van der Waals surface area contributed by atoms with Crippen molar-refractivity contribution >= 4 is 14.7 Å². The average Bonchev–Trinajstić information content (AvgIpc) is 2.33. The van der Waals surface area contributed by atoms with Crippen LogP contribution in [0.3, 0.4) is 0 Å². The Morgan fingerprint density at radius 3 is 3.00 bits per heavy atom. The molecule has 0 fully saturated rings. The van der Waals surface area contributed by atoms with Crippen LogP contribution in [0.15, 0.2) is 24.3 Å². The van der Waals surface area contributed by atoms with Gasteiger partial charge in [0.15, 0.2) is 0 Å². The third-order valence-electron chi connectivity index (χ3n) is 1.73. The molecule has 0 nitrogen and oxygen atoms in total. The summed E-state index contributed by atoms with van der Waals surface area (Å²) in [6.45, 7) is 0. The van der Waals surface area contributed by atoms with E-state index >= 15 is 0 Å². The van der Waals surface area contributed by atoms with Crippen LogP contribution in [0.1, 0.15) is 5.56 Å². The second kappa shape index (κ2) is 1.99. The van der Waals surface area contributed by atoms with E-state index in [-0.39, 0.29) is 0 Å². The highest BCUT2D eigenvalue weighted by Crippen LogP contribution is 2.06. The fourth-order valence-electron chi connectivity index (χ4n) is 1.24. The number of aryl methyl sites for hydroxylation is 1. The van der Waals surface area contributed by atoms with Gasteiger partial charge < -0.3 is 0 Å². The van der Waals surface area contributed by atoms with Crippen molar-refractivity contribution in [3.63, 3.8) is 0 Å². The Morgan fingerprint density at radius 1 is 1.22 bits per heavy atom. The fraction of sp³-hybridized carbons (Fsp3) is 0.250. The molecule has 44 valence electrons. The Balaban J connectivity index is 2.54. The first-order valence-electron chi connectivity index (χ1n) is 3.28. The van der Waals surface area contributed by atoms with Gasteiger partial charge in [0, 0.05) is 0 Å². The fourth-order valence-corrected chi connectivity index (χ4v) is 2.56. The lowest BCUT2D eigenvalue weighted by Gasteiger charge is -1.93. The quantitative estimate of drug-likeness (QED) is 0.462. The molecule has 0 bridgehead atoms. The Kier molecular flexibility index (Phi) is 1.16. The van der Waals surface area contributed by atoms with Gasteiger partial charge in [0.2, 0.25) is 0 Å². The van der Waals surface area contributed by atoms with Gasteiger partial charge in [0.25, 0.3) is 0 Å². The highest BCUT2D eigenvalue weighted by atomic mass is 28.2. The summed E-state index contributed by atoms with van der Waals surface area (Å²) in [6, 6.07) is 10.2. The zero-order chi connectivity index (χ0) is 6.10. The molecule has 1 heteroatoms. The Morgan fingerprint density at radius 2 is 2.11 bits per heavy atom. The maximum atomic E-state index is 2.25. The topological polar surface area (TPSA) is 0 Å². The summed E-state index contributed by atoms with van der Waals surface area (Å²) >= 11 is 0. The van der Waals surface area contributed by atoms with Crippen LogP contribution in [0.4, 0.5) is 0 Å². The Bertz CT molecular complexity index is 195. The molecule has 0 saturated carbocycles. The molecule has 0 aliphatic carbocycles. The van der Waals surface area contributed by atoms with E-state index in [2.05, 4.69) is 24.3 Å². The molecule has 1 aliphatic heterocycles. The molecular formula is C8H8Si.